The van der Waals surface area contributed by atoms with Crippen molar-refractivity contribution in [1.82, 2.24) is 15.1 Å². The smallest absolute Gasteiger partial charge is 0.0844 e. The van der Waals surface area contributed by atoms with Crippen LogP contribution in [0.3, 0.4) is 0 Å². The summed E-state index contributed by atoms with van der Waals surface area (Å²) < 4.78 is 1.99. The van der Waals surface area contributed by atoms with Crippen molar-refractivity contribution in [1.29, 1.82) is 0 Å². The molecule has 0 saturated carbocycles. The van der Waals surface area contributed by atoms with Gasteiger partial charge in [-0.25, -0.2) is 0 Å². The number of aromatic nitrogens is 2. The van der Waals surface area contributed by atoms with Crippen LogP contribution in [0.15, 0.2) is 24.3 Å². The zero-order chi connectivity index (χ0) is 15.4. The van der Waals surface area contributed by atoms with Crippen LogP contribution in [0.1, 0.15) is 36.4 Å². The second kappa shape index (κ2) is 7.10. The second-order valence-corrected chi connectivity index (χ2v) is 6.31. The summed E-state index contributed by atoms with van der Waals surface area (Å²) in [4.78, 5) is 0. The van der Waals surface area contributed by atoms with Crippen molar-refractivity contribution in [3.05, 3.63) is 51.8 Å². The predicted octanol–water partition coefficient (Wildman–Crippen LogP) is 3.95. The van der Waals surface area contributed by atoms with Crippen LogP contribution in [0.2, 0.25) is 5.02 Å². The molecule has 1 N–H and O–H groups in total. The van der Waals surface area contributed by atoms with Gasteiger partial charge in [0.15, 0.2) is 0 Å². The van der Waals surface area contributed by atoms with Crippen molar-refractivity contribution in [2.75, 3.05) is 6.54 Å². The molecule has 0 atom stereocenters. The zero-order valence-corrected chi connectivity index (χ0v) is 14.0. The monoisotopic (exact) mass is 305 g/mol. The van der Waals surface area contributed by atoms with Crippen LogP contribution < -0.4 is 5.32 Å². The fraction of sp³-hybridized carbons (Fsp3) is 0.471. The standard InChI is InChI=1S/C17H24ClN3/c1-12(2)9-19-10-15-7-5-6-8-16(15)11-21-14(4)17(18)13(3)20-21/h5-8,12,19H,9-11H2,1-4H3. The average Bonchev–Trinajstić information content (AvgIpc) is 2.68. The van der Waals surface area contributed by atoms with E-state index in [-0.39, 0.29) is 0 Å². The minimum Gasteiger partial charge on any atom is -0.312 e. The minimum absolute atomic E-state index is 0.659. The van der Waals surface area contributed by atoms with E-state index in [0.717, 1.165) is 36.0 Å². The van der Waals surface area contributed by atoms with E-state index in [1.807, 2.05) is 18.5 Å². The Morgan fingerprint density at radius 1 is 1.19 bits per heavy atom. The van der Waals surface area contributed by atoms with Crippen LogP contribution in [-0.4, -0.2) is 16.3 Å². The first-order chi connectivity index (χ1) is 9.99. The highest BCUT2D eigenvalue weighted by Gasteiger charge is 2.11. The summed E-state index contributed by atoms with van der Waals surface area (Å²) >= 11 is 6.23. The van der Waals surface area contributed by atoms with Gasteiger partial charge in [0.2, 0.25) is 0 Å². The van der Waals surface area contributed by atoms with E-state index in [0.29, 0.717) is 5.92 Å². The fourth-order valence-corrected chi connectivity index (χ4v) is 2.51. The first-order valence-corrected chi connectivity index (χ1v) is 7.83. The number of nitrogens with one attached hydrogen (secondary N) is 1. The normalized spacial score (nSPS) is 11.3. The van der Waals surface area contributed by atoms with E-state index in [9.17, 15) is 0 Å². The average molecular weight is 306 g/mol. The molecule has 0 saturated heterocycles. The zero-order valence-electron chi connectivity index (χ0n) is 13.3. The van der Waals surface area contributed by atoms with Gasteiger partial charge in [-0.3, -0.25) is 4.68 Å². The summed E-state index contributed by atoms with van der Waals surface area (Å²) in [6.07, 6.45) is 0. The van der Waals surface area contributed by atoms with Gasteiger partial charge >= 0.3 is 0 Å². The molecule has 4 heteroatoms. The number of aryl methyl sites for hydroxylation is 1. The Morgan fingerprint density at radius 3 is 2.43 bits per heavy atom. The molecule has 0 unspecified atom stereocenters. The molecule has 3 nitrogen and oxygen atoms in total. The van der Waals surface area contributed by atoms with Gasteiger partial charge in [0.25, 0.3) is 0 Å². The lowest BCUT2D eigenvalue weighted by Gasteiger charge is -2.13. The molecule has 0 aliphatic rings. The number of hydrogen-bond acceptors (Lipinski definition) is 2. The number of nitrogens with zero attached hydrogens (tertiary/aromatic N) is 2. The van der Waals surface area contributed by atoms with E-state index in [2.05, 4.69) is 48.5 Å². The molecule has 0 radical (unpaired) electrons. The van der Waals surface area contributed by atoms with E-state index in [1.165, 1.54) is 11.1 Å². The van der Waals surface area contributed by atoms with Crippen LogP contribution in [0.4, 0.5) is 0 Å². The van der Waals surface area contributed by atoms with E-state index >= 15 is 0 Å². The molecule has 0 aliphatic heterocycles. The van der Waals surface area contributed by atoms with Crippen molar-refractivity contribution >= 4 is 11.6 Å². The second-order valence-electron chi connectivity index (χ2n) is 5.94. The van der Waals surface area contributed by atoms with E-state index in [1.54, 1.807) is 0 Å². The van der Waals surface area contributed by atoms with Gasteiger partial charge in [0, 0.05) is 6.54 Å². The summed E-state index contributed by atoms with van der Waals surface area (Å²) in [6, 6.07) is 8.51. The maximum atomic E-state index is 6.23. The molecule has 0 fully saturated rings. The summed E-state index contributed by atoms with van der Waals surface area (Å²) in [5.74, 6) is 0.659. The van der Waals surface area contributed by atoms with E-state index < -0.39 is 0 Å². The molecule has 21 heavy (non-hydrogen) atoms. The number of rotatable bonds is 6. The molecular formula is C17H24ClN3. The third kappa shape index (κ3) is 4.08. The van der Waals surface area contributed by atoms with E-state index in [4.69, 9.17) is 11.6 Å². The van der Waals surface area contributed by atoms with Crippen molar-refractivity contribution in [3.63, 3.8) is 0 Å². The maximum absolute atomic E-state index is 6.23. The van der Waals surface area contributed by atoms with Crippen molar-refractivity contribution in [2.24, 2.45) is 5.92 Å². The summed E-state index contributed by atoms with van der Waals surface area (Å²) in [7, 11) is 0. The van der Waals surface area contributed by atoms with Gasteiger partial charge in [-0.15, -0.1) is 0 Å². The summed E-state index contributed by atoms with van der Waals surface area (Å²) in [5, 5.41) is 8.79. The highest BCUT2D eigenvalue weighted by atomic mass is 35.5. The molecule has 1 aromatic carbocycles. The number of hydrogen-bond donors (Lipinski definition) is 1. The van der Waals surface area contributed by atoms with Gasteiger partial charge in [-0.1, -0.05) is 49.7 Å². The van der Waals surface area contributed by atoms with Crippen molar-refractivity contribution in [2.45, 2.75) is 40.8 Å². The lowest BCUT2D eigenvalue weighted by atomic mass is 10.1. The number of benzene rings is 1. The Bertz CT molecular complexity index is 602. The predicted molar refractivity (Wildman–Crippen MR) is 88.8 cm³/mol. The van der Waals surface area contributed by atoms with Gasteiger partial charge in [-0.2, -0.15) is 5.10 Å². The molecule has 2 aromatic rings. The Morgan fingerprint density at radius 2 is 1.86 bits per heavy atom. The van der Waals surface area contributed by atoms with Crippen LogP contribution in [0.25, 0.3) is 0 Å². The van der Waals surface area contributed by atoms with Crippen molar-refractivity contribution < 1.29 is 0 Å². The third-order valence-corrected chi connectivity index (χ3v) is 4.15. The highest BCUT2D eigenvalue weighted by Crippen LogP contribution is 2.20. The molecule has 0 spiro atoms. The molecule has 2 rings (SSSR count). The largest absolute Gasteiger partial charge is 0.312 e. The van der Waals surface area contributed by atoms with Gasteiger partial charge in [0.05, 0.1) is 23.0 Å². The Labute approximate surface area is 132 Å². The summed E-state index contributed by atoms with van der Waals surface area (Å²) in [6.45, 7) is 11.1. The highest BCUT2D eigenvalue weighted by molar-refractivity contribution is 6.31. The lowest BCUT2D eigenvalue weighted by molar-refractivity contribution is 0.549. The Kier molecular flexibility index (Phi) is 5.43. The first-order valence-electron chi connectivity index (χ1n) is 7.46. The molecule has 0 aliphatic carbocycles. The van der Waals surface area contributed by atoms with Crippen LogP contribution in [0, 0.1) is 19.8 Å². The lowest BCUT2D eigenvalue weighted by Crippen LogP contribution is -2.20. The molecular weight excluding hydrogens is 282 g/mol. The van der Waals surface area contributed by atoms with Crippen LogP contribution in [-0.2, 0) is 13.1 Å². The van der Waals surface area contributed by atoms with Crippen LogP contribution in [0.5, 0.6) is 0 Å². The Hall–Kier alpha value is -1.32. The third-order valence-electron chi connectivity index (χ3n) is 3.60. The van der Waals surface area contributed by atoms with Gasteiger partial charge in [-0.05, 0) is 37.4 Å². The summed E-state index contributed by atoms with van der Waals surface area (Å²) in [5.41, 5.74) is 4.53. The molecule has 0 bridgehead atoms. The molecule has 1 heterocycles. The molecule has 114 valence electrons. The molecule has 0 amide bonds. The SMILES string of the molecule is Cc1nn(Cc2ccccc2CNCC(C)C)c(C)c1Cl. The van der Waals surface area contributed by atoms with Crippen molar-refractivity contribution in [3.8, 4) is 0 Å². The topological polar surface area (TPSA) is 29.9 Å². The number of halogens is 1. The quantitative estimate of drug-likeness (QED) is 0.876. The Balaban J connectivity index is 2.14. The fourth-order valence-electron chi connectivity index (χ4n) is 2.37. The molecule has 1 aromatic heterocycles. The van der Waals surface area contributed by atoms with Crippen LogP contribution >= 0.6 is 11.6 Å². The first kappa shape index (κ1) is 16.1. The maximum Gasteiger partial charge on any atom is 0.0844 e. The minimum atomic E-state index is 0.659. The van der Waals surface area contributed by atoms with Gasteiger partial charge < -0.3 is 5.32 Å². The van der Waals surface area contributed by atoms with Gasteiger partial charge in [0.1, 0.15) is 0 Å².